The molecule has 2 heterocycles. The molecule has 8 heteroatoms. The summed E-state index contributed by atoms with van der Waals surface area (Å²) in [6.07, 6.45) is 11.0. The van der Waals surface area contributed by atoms with Crippen molar-refractivity contribution in [2.45, 2.75) is 51.1 Å². The number of aliphatic carboxylic acids is 1. The minimum atomic E-state index is -0.819. The monoisotopic (exact) mass is 332 g/mol. The number of nitrogens with zero attached hydrogens (tertiary/aromatic N) is 4. The molecule has 0 spiro atoms. The van der Waals surface area contributed by atoms with Gasteiger partial charge in [-0.05, 0) is 18.8 Å². The number of aromatic amines is 2. The largest absolute Gasteiger partial charge is 0.481 e. The van der Waals surface area contributed by atoms with Crippen LogP contribution in [-0.4, -0.2) is 47.7 Å². The molecule has 0 amide bonds. The third kappa shape index (κ3) is 4.41. The molecule has 0 radical (unpaired) electrons. The van der Waals surface area contributed by atoms with E-state index in [1.165, 1.54) is 38.4 Å². The maximum absolute atomic E-state index is 11.4. The number of hydrogen-bond donors (Lipinski definition) is 3. The lowest BCUT2D eigenvalue weighted by Gasteiger charge is -2.34. The first-order valence-electron chi connectivity index (χ1n) is 8.50. The first-order chi connectivity index (χ1) is 11.7. The summed E-state index contributed by atoms with van der Waals surface area (Å²) >= 11 is 0. The quantitative estimate of drug-likeness (QED) is 0.683. The third-order valence-corrected chi connectivity index (χ3v) is 4.72. The number of carboxylic acids is 1. The Morgan fingerprint density at radius 1 is 1.38 bits per heavy atom. The van der Waals surface area contributed by atoms with E-state index in [9.17, 15) is 9.90 Å². The fraction of sp³-hybridized carbons (Fsp3) is 0.625. The van der Waals surface area contributed by atoms with Crippen LogP contribution in [-0.2, 0) is 11.3 Å². The molecule has 8 nitrogen and oxygen atoms in total. The molecule has 24 heavy (non-hydrogen) atoms. The fourth-order valence-electron chi connectivity index (χ4n) is 3.55. The summed E-state index contributed by atoms with van der Waals surface area (Å²) in [5, 5.41) is 16.2. The highest BCUT2D eigenvalue weighted by Gasteiger charge is 2.28. The number of nitrogens with one attached hydrogen (secondary N) is 2. The summed E-state index contributed by atoms with van der Waals surface area (Å²) in [5.74, 6) is 0.530. The molecule has 0 aliphatic heterocycles. The molecule has 1 saturated carbocycles. The van der Waals surface area contributed by atoms with Crippen molar-refractivity contribution in [2.75, 3.05) is 6.54 Å². The molecular weight excluding hydrogens is 308 g/mol. The van der Waals surface area contributed by atoms with Gasteiger partial charge in [0.1, 0.15) is 12.2 Å². The minimum absolute atomic E-state index is 0.0308. The Morgan fingerprint density at radius 2 is 2.21 bits per heavy atom. The number of carboxylic acid groups (broad SMARTS) is 1. The highest BCUT2D eigenvalue weighted by Crippen LogP contribution is 2.30. The maximum atomic E-state index is 11.4. The van der Waals surface area contributed by atoms with Gasteiger partial charge in [0.05, 0.1) is 31.0 Å². The second kappa shape index (κ2) is 8.05. The summed E-state index contributed by atoms with van der Waals surface area (Å²) in [7, 11) is 0. The van der Waals surface area contributed by atoms with E-state index in [0.29, 0.717) is 12.5 Å². The zero-order valence-electron chi connectivity index (χ0n) is 13.7. The second-order valence-electron chi connectivity index (χ2n) is 6.49. The lowest BCUT2D eigenvalue weighted by atomic mass is 9.88. The average Bonchev–Trinajstić information content (AvgIpc) is 3.26. The smallest absolute Gasteiger partial charge is 0.305 e. The first kappa shape index (κ1) is 16.6. The van der Waals surface area contributed by atoms with Crippen LogP contribution in [0.5, 0.6) is 0 Å². The van der Waals surface area contributed by atoms with Crippen LogP contribution in [0.2, 0.25) is 0 Å². The van der Waals surface area contributed by atoms with Crippen molar-refractivity contribution in [1.29, 1.82) is 0 Å². The normalized spacial score (nSPS) is 17.2. The number of rotatable bonds is 8. The van der Waals surface area contributed by atoms with Crippen molar-refractivity contribution in [3.8, 4) is 0 Å². The van der Waals surface area contributed by atoms with Crippen molar-refractivity contribution < 1.29 is 9.90 Å². The Bertz CT molecular complexity index is 607. The Morgan fingerprint density at radius 3 is 2.83 bits per heavy atom. The van der Waals surface area contributed by atoms with Crippen LogP contribution in [0.4, 0.5) is 0 Å². The molecule has 130 valence electrons. The van der Waals surface area contributed by atoms with Crippen LogP contribution in [0.25, 0.3) is 0 Å². The molecule has 1 atom stereocenters. The zero-order valence-corrected chi connectivity index (χ0v) is 13.7. The number of hydrogen-bond acceptors (Lipinski definition) is 5. The van der Waals surface area contributed by atoms with Crippen LogP contribution < -0.4 is 0 Å². The summed E-state index contributed by atoms with van der Waals surface area (Å²) < 4.78 is 0. The molecule has 2 aromatic rings. The predicted molar refractivity (Wildman–Crippen MR) is 86.9 cm³/mol. The first-order valence-corrected chi connectivity index (χ1v) is 8.50. The van der Waals surface area contributed by atoms with Crippen molar-refractivity contribution in [3.63, 3.8) is 0 Å². The number of imidazole rings is 1. The molecule has 0 saturated heterocycles. The molecular formula is C16H24N6O2. The third-order valence-electron chi connectivity index (χ3n) is 4.72. The van der Waals surface area contributed by atoms with Crippen molar-refractivity contribution in [1.82, 2.24) is 30.0 Å². The molecule has 1 aliphatic rings. The SMILES string of the molecule is O=C(O)CC(c1cnc[nH]1)N(Cc1ncn[nH]1)CC1CCCCC1. The van der Waals surface area contributed by atoms with E-state index in [2.05, 4.69) is 30.0 Å². The molecule has 1 aliphatic carbocycles. The van der Waals surface area contributed by atoms with E-state index >= 15 is 0 Å². The van der Waals surface area contributed by atoms with E-state index in [4.69, 9.17) is 0 Å². The van der Waals surface area contributed by atoms with Gasteiger partial charge >= 0.3 is 5.97 Å². The fourth-order valence-corrected chi connectivity index (χ4v) is 3.55. The summed E-state index contributed by atoms with van der Waals surface area (Å²) in [5.41, 5.74) is 0.827. The molecule has 3 N–H and O–H groups in total. The van der Waals surface area contributed by atoms with Crippen LogP contribution in [0.1, 0.15) is 56.1 Å². The van der Waals surface area contributed by atoms with Gasteiger partial charge in [0.15, 0.2) is 0 Å². The lowest BCUT2D eigenvalue weighted by Crippen LogP contribution is -2.35. The van der Waals surface area contributed by atoms with Gasteiger partial charge < -0.3 is 10.1 Å². The number of H-pyrrole nitrogens is 2. The second-order valence-corrected chi connectivity index (χ2v) is 6.49. The molecule has 1 unspecified atom stereocenters. The lowest BCUT2D eigenvalue weighted by molar-refractivity contribution is -0.138. The highest BCUT2D eigenvalue weighted by molar-refractivity contribution is 5.67. The van der Waals surface area contributed by atoms with Crippen LogP contribution in [0.3, 0.4) is 0 Å². The van der Waals surface area contributed by atoms with Gasteiger partial charge in [-0.25, -0.2) is 9.97 Å². The molecule has 0 bridgehead atoms. The van der Waals surface area contributed by atoms with Crippen LogP contribution in [0.15, 0.2) is 18.9 Å². The van der Waals surface area contributed by atoms with Gasteiger partial charge in [-0.1, -0.05) is 19.3 Å². The van der Waals surface area contributed by atoms with Gasteiger partial charge in [-0.2, -0.15) is 5.10 Å². The number of carbonyl (C=O) groups is 1. The Hall–Kier alpha value is -2.22. The average molecular weight is 332 g/mol. The molecule has 3 rings (SSSR count). The van der Waals surface area contributed by atoms with E-state index in [1.54, 1.807) is 12.5 Å². The highest BCUT2D eigenvalue weighted by atomic mass is 16.4. The van der Waals surface area contributed by atoms with E-state index in [-0.39, 0.29) is 12.5 Å². The summed E-state index contributed by atoms with van der Waals surface area (Å²) in [6, 6.07) is -0.253. The van der Waals surface area contributed by atoms with Gasteiger partial charge in [-0.15, -0.1) is 0 Å². The van der Waals surface area contributed by atoms with Crippen LogP contribution >= 0.6 is 0 Å². The van der Waals surface area contributed by atoms with Gasteiger partial charge in [0, 0.05) is 12.7 Å². The molecule has 0 aromatic carbocycles. The van der Waals surface area contributed by atoms with Gasteiger partial charge in [0.2, 0.25) is 0 Å². The van der Waals surface area contributed by atoms with Gasteiger partial charge in [-0.3, -0.25) is 14.8 Å². The molecule has 1 fully saturated rings. The standard InChI is InChI=1S/C16H24N6O2/c23-16(24)6-14(13-7-17-10-18-13)22(9-15-19-11-20-21-15)8-12-4-2-1-3-5-12/h7,10-12,14H,1-6,8-9H2,(H,17,18)(H,23,24)(H,19,20,21). The molecule has 2 aromatic heterocycles. The van der Waals surface area contributed by atoms with Crippen molar-refractivity contribution in [3.05, 3.63) is 30.4 Å². The Labute approximate surface area is 140 Å². The Kier molecular flexibility index (Phi) is 5.58. The van der Waals surface area contributed by atoms with E-state index < -0.39 is 5.97 Å². The Balaban J connectivity index is 1.80. The number of aromatic nitrogens is 5. The van der Waals surface area contributed by atoms with E-state index in [1.807, 2.05) is 0 Å². The summed E-state index contributed by atoms with van der Waals surface area (Å²) in [6.45, 7) is 1.41. The maximum Gasteiger partial charge on any atom is 0.305 e. The minimum Gasteiger partial charge on any atom is -0.481 e. The topological polar surface area (TPSA) is 111 Å². The van der Waals surface area contributed by atoms with Crippen molar-refractivity contribution in [2.24, 2.45) is 5.92 Å². The summed E-state index contributed by atoms with van der Waals surface area (Å²) in [4.78, 5) is 25.0. The van der Waals surface area contributed by atoms with Gasteiger partial charge in [0.25, 0.3) is 0 Å². The van der Waals surface area contributed by atoms with E-state index in [0.717, 1.165) is 18.1 Å². The predicted octanol–water partition coefficient (Wildman–Crippen LogP) is 2.13. The van der Waals surface area contributed by atoms with Crippen molar-refractivity contribution >= 4 is 5.97 Å². The zero-order chi connectivity index (χ0) is 16.8. The van der Waals surface area contributed by atoms with Crippen LogP contribution in [0, 0.1) is 5.92 Å².